The van der Waals surface area contributed by atoms with Gasteiger partial charge in [-0.15, -0.1) is 0 Å². The van der Waals surface area contributed by atoms with Crippen LogP contribution >= 0.6 is 0 Å². The predicted molar refractivity (Wildman–Crippen MR) is 71.2 cm³/mol. The van der Waals surface area contributed by atoms with E-state index >= 15 is 0 Å². The first-order chi connectivity index (χ1) is 9.24. The Bertz CT molecular complexity index is 713. The van der Waals surface area contributed by atoms with E-state index in [4.69, 9.17) is 5.11 Å². The molecule has 0 aliphatic rings. The summed E-state index contributed by atoms with van der Waals surface area (Å²) in [6, 6.07) is 11.8. The Kier molecular flexibility index (Phi) is 2.79. The summed E-state index contributed by atoms with van der Waals surface area (Å²) in [6.45, 7) is 0.727. The van der Waals surface area contributed by atoms with Gasteiger partial charge in [-0.25, -0.2) is 4.79 Å². The number of carboxylic acids is 1. The summed E-state index contributed by atoms with van der Waals surface area (Å²) in [5.41, 5.74) is 3.01. The van der Waals surface area contributed by atoms with E-state index in [0.717, 1.165) is 24.0 Å². The van der Waals surface area contributed by atoms with E-state index in [-0.39, 0.29) is 5.69 Å². The number of H-pyrrole nitrogens is 1. The molecule has 0 radical (unpaired) electrons. The Morgan fingerprint density at radius 1 is 1.32 bits per heavy atom. The van der Waals surface area contributed by atoms with Crippen molar-refractivity contribution in [3.63, 3.8) is 0 Å². The Labute approximate surface area is 109 Å². The summed E-state index contributed by atoms with van der Waals surface area (Å²) < 4.78 is 1.82. The Morgan fingerprint density at radius 3 is 2.84 bits per heavy atom. The lowest BCUT2D eigenvalue weighted by Gasteiger charge is -2.02. The lowest BCUT2D eigenvalue weighted by atomic mass is 10.1. The van der Waals surface area contributed by atoms with Gasteiger partial charge in [-0.3, -0.25) is 4.68 Å². The minimum atomic E-state index is -0.953. The Balaban J connectivity index is 1.83. The average Bonchev–Trinajstić information content (AvgIpc) is 2.98. The second-order valence-corrected chi connectivity index (χ2v) is 4.39. The molecular weight excluding hydrogens is 242 g/mol. The highest BCUT2D eigenvalue weighted by molar-refractivity contribution is 5.92. The first kappa shape index (κ1) is 11.5. The minimum absolute atomic E-state index is 0.195. The molecule has 0 bridgehead atoms. The number of carboxylic acid groups (broad SMARTS) is 1. The van der Waals surface area contributed by atoms with Crippen LogP contribution in [0.25, 0.3) is 11.0 Å². The predicted octanol–water partition coefficient (Wildman–Crippen LogP) is 2.31. The van der Waals surface area contributed by atoms with E-state index in [0.29, 0.717) is 0 Å². The molecule has 0 spiro atoms. The summed E-state index contributed by atoms with van der Waals surface area (Å²) in [5, 5.41) is 13.2. The fourth-order valence-corrected chi connectivity index (χ4v) is 2.13. The van der Waals surface area contributed by atoms with E-state index in [2.05, 4.69) is 22.2 Å². The molecule has 2 aromatic heterocycles. The third-order valence-electron chi connectivity index (χ3n) is 3.12. The highest BCUT2D eigenvalue weighted by atomic mass is 16.4. The van der Waals surface area contributed by atoms with Crippen molar-refractivity contribution in [1.29, 1.82) is 0 Å². The second kappa shape index (κ2) is 4.61. The summed E-state index contributed by atoms with van der Waals surface area (Å²) in [4.78, 5) is 13.7. The van der Waals surface area contributed by atoms with Crippen molar-refractivity contribution in [3.05, 3.63) is 53.9 Å². The Hall–Kier alpha value is -2.56. The maximum atomic E-state index is 10.9. The van der Waals surface area contributed by atoms with Crippen LogP contribution in [0, 0.1) is 0 Å². The van der Waals surface area contributed by atoms with E-state index in [1.165, 1.54) is 5.56 Å². The first-order valence-corrected chi connectivity index (χ1v) is 6.06. The van der Waals surface area contributed by atoms with Crippen LogP contribution in [0.5, 0.6) is 0 Å². The number of aryl methyl sites for hydroxylation is 2. The topological polar surface area (TPSA) is 70.9 Å². The fraction of sp³-hybridized carbons (Fsp3) is 0.143. The lowest BCUT2D eigenvalue weighted by Crippen LogP contribution is -2.02. The van der Waals surface area contributed by atoms with Crippen LogP contribution in [-0.2, 0) is 13.0 Å². The first-order valence-electron chi connectivity index (χ1n) is 6.06. The largest absolute Gasteiger partial charge is 0.477 e. The number of rotatable bonds is 4. The standard InChI is InChI=1S/C14H13N3O2/c18-14(19)11-8-13-12(16-11)9-15-17(13)7-6-10-4-2-1-3-5-10/h1-5,8-9,16H,6-7H2,(H,18,19). The number of carbonyl (C=O) groups is 1. The van der Waals surface area contributed by atoms with Gasteiger partial charge in [0.1, 0.15) is 5.69 Å². The van der Waals surface area contributed by atoms with Gasteiger partial charge in [0.25, 0.3) is 0 Å². The van der Waals surface area contributed by atoms with Crippen LogP contribution in [0.2, 0.25) is 0 Å². The molecule has 96 valence electrons. The highest BCUT2D eigenvalue weighted by Gasteiger charge is 2.11. The van der Waals surface area contributed by atoms with Gasteiger partial charge >= 0.3 is 5.97 Å². The molecule has 0 fully saturated rings. The zero-order valence-corrected chi connectivity index (χ0v) is 10.2. The van der Waals surface area contributed by atoms with Crippen LogP contribution < -0.4 is 0 Å². The van der Waals surface area contributed by atoms with Crippen LogP contribution in [0.15, 0.2) is 42.6 Å². The fourth-order valence-electron chi connectivity index (χ4n) is 2.13. The number of benzene rings is 1. The van der Waals surface area contributed by atoms with Crippen molar-refractivity contribution in [1.82, 2.24) is 14.8 Å². The second-order valence-electron chi connectivity index (χ2n) is 4.39. The van der Waals surface area contributed by atoms with Crippen LogP contribution in [0.1, 0.15) is 16.1 Å². The van der Waals surface area contributed by atoms with Crippen LogP contribution in [-0.4, -0.2) is 25.8 Å². The van der Waals surface area contributed by atoms with E-state index in [1.807, 2.05) is 22.9 Å². The van der Waals surface area contributed by atoms with Crippen LogP contribution in [0.4, 0.5) is 0 Å². The number of hydrogen-bond donors (Lipinski definition) is 2. The van der Waals surface area contributed by atoms with Gasteiger partial charge in [0.2, 0.25) is 0 Å². The molecule has 0 unspecified atom stereocenters. The van der Waals surface area contributed by atoms with Crippen molar-refractivity contribution in [2.24, 2.45) is 0 Å². The van der Waals surface area contributed by atoms with Gasteiger partial charge < -0.3 is 10.1 Å². The van der Waals surface area contributed by atoms with Gasteiger partial charge in [0, 0.05) is 6.54 Å². The molecule has 0 saturated carbocycles. The lowest BCUT2D eigenvalue weighted by molar-refractivity contribution is 0.0691. The van der Waals surface area contributed by atoms with Gasteiger partial charge in [-0.2, -0.15) is 5.10 Å². The molecular formula is C14H13N3O2. The summed E-state index contributed by atoms with van der Waals surface area (Å²) in [5.74, 6) is -0.953. The van der Waals surface area contributed by atoms with Crippen molar-refractivity contribution in [2.75, 3.05) is 0 Å². The molecule has 0 aliphatic carbocycles. The van der Waals surface area contributed by atoms with Crippen molar-refractivity contribution >= 4 is 17.0 Å². The number of aromatic amines is 1. The van der Waals surface area contributed by atoms with Gasteiger partial charge in [0.15, 0.2) is 0 Å². The molecule has 0 amide bonds. The highest BCUT2D eigenvalue weighted by Crippen LogP contribution is 2.15. The van der Waals surface area contributed by atoms with Gasteiger partial charge in [-0.1, -0.05) is 30.3 Å². The van der Waals surface area contributed by atoms with Crippen LogP contribution in [0.3, 0.4) is 0 Å². The average molecular weight is 255 g/mol. The number of nitrogens with one attached hydrogen (secondary N) is 1. The van der Waals surface area contributed by atoms with Crippen molar-refractivity contribution < 1.29 is 9.90 Å². The maximum Gasteiger partial charge on any atom is 0.352 e. The molecule has 3 aromatic rings. The van der Waals surface area contributed by atoms with Gasteiger partial charge in [-0.05, 0) is 18.1 Å². The van der Waals surface area contributed by atoms with Gasteiger partial charge in [0.05, 0.1) is 17.2 Å². The summed E-state index contributed by atoms with van der Waals surface area (Å²) in [6.07, 6.45) is 2.53. The monoisotopic (exact) mass is 255 g/mol. The SMILES string of the molecule is O=C(O)c1cc2c(cnn2CCc2ccccc2)[nH]1. The Morgan fingerprint density at radius 2 is 2.11 bits per heavy atom. The molecule has 3 rings (SSSR count). The molecule has 5 nitrogen and oxygen atoms in total. The molecule has 19 heavy (non-hydrogen) atoms. The number of aromatic carboxylic acids is 1. The minimum Gasteiger partial charge on any atom is -0.477 e. The molecule has 1 aromatic carbocycles. The quantitative estimate of drug-likeness (QED) is 0.751. The molecule has 2 N–H and O–H groups in total. The maximum absolute atomic E-state index is 10.9. The number of fused-ring (bicyclic) bond motifs is 1. The third kappa shape index (κ3) is 2.22. The summed E-state index contributed by atoms with van der Waals surface area (Å²) in [7, 11) is 0. The molecule has 2 heterocycles. The molecule has 0 aliphatic heterocycles. The van der Waals surface area contributed by atoms with Crippen molar-refractivity contribution in [2.45, 2.75) is 13.0 Å². The van der Waals surface area contributed by atoms with E-state index in [9.17, 15) is 4.79 Å². The zero-order chi connectivity index (χ0) is 13.2. The number of aromatic nitrogens is 3. The zero-order valence-electron chi connectivity index (χ0n) is 10.2. The van der Waals surface area contributed by atoms with Crippen molar-refractivity contribution in [3.8, 4) is 0 Å². The normalized spacial score (nSPS) is 10.9. The molecule has 0 atom stereocenters. The van der Waals surface area contributed by atoms with E-state index < -0.39 is 5.97 Å². The summed E-state index contributed by atoms with van der Waals surface area (Å²) >= 11 is 0. The molecule has 5 heteroatoms. The number of nitrogens with zero attached hydrogens (tertiary/aromatic N) is 2. The number of hydrogen-bond acceptors (Lipinski definition) is 2. The van der Waals surface area contributed by atoms with E-state index in [1.54, 1.807) is 12.3 Å². The smallest absolute Gasteiger partial charge is 0.352 e. The third-order valence-corrected chi connectivity index (χ3v) is 3.12. The molecule has 0 saturated heterocycles.